The van der Waals surface area contributed by atoms with E-state index in [9.17, 15) is 14.0 Å². The summed E-state index contributed by atoms with van der Waals surface area (Å²) in [6.45, 7) is 1.22. The molecular weight excluding hydrogens is 471 g/mol. The maximum absolute atomic E-state index is 15.0. The lowest BCUT2D eigenvalue weighted by Crippen LogP contribution is -2.36. The largest absolute Gasteiger partial charge is 0.444 e. The minimum Gasteiger partial charge on any atom is -0.444 e. The smallest absolute Gasteiger partial charge is 0.414 e. The molecule has 1 aliphatic heterocycles. The van der Waals surface area contributed by atoms with E-state index in [0.29, 0.717) is 37.4 Å². The Morgan fingerprint density at radius 1 is 1.25 bits per heavy atom. The van der Waals surface area contributed by atoms with Gasteiger partial charge in [0.1, 0.15) is 19.0 Å². The van der Waals surface area contributed by atoms with Gasteiger partial charge in [-0.3, -0.25) is 15.5 Å². The van der Waals surface area contributed by atoms with E-state index in [2.05, 4.69) is 15.1 Å². The number of oxime groups is 1. The molecule has 12 nitrogen and oxygen atoms in total. The summed E-state index contributed by atoms with van der Waals surface area (Å²) >= 11 is 0. The van der Waals surface area contributed by atoms with Gasteiger partial charge in [0.2, 0.25) is 11.9 Å². The van der Waals surface area contributed by atoms with Crippen LogP contribution in [0.25, 0.3) is 11.1 Å². The van der Waals surface area contributed by atoms with Crippen molar-refractivity contribution in [3.05, 3.63) is 42.0 Å². The van der Waals surface area contributed by atoms with Crippen molar-refractivity contribution in [3.8, 4) is 11.1 Å². The molecular formula is C23H29FN8O4. The van der Waals surface area contributed by atoms with E-state index < -0.39 is 17.9 Å². The van der Waals surface area contributed by atoms with E-state index in [1.54, 1.807) is 38.6 Å². The Bertz CT molecular complexity index is 1110. The standard InChI is InChI=1S/C23H29FN8O4/c1-31(2)19(33)8-11-36-30-17-6-9-32(10-7-17)22-27-12-16(13-28-22)18-5-3-4-15(20(18)24)14-35-23(34)29-21(25)26/h3-5,12-13H,6-11,14H2,1-2H3,(H4,25,26,29,34). The molecule has 1 saturated heterocycles. The Morgan fingerprint density at radius 2 is 1.94 bits per heavy atom. The number of aromatic nitrogens is 2. The minimum atomic E-state index is -0.944. The molecule has 0 atom stereocenters. The maximum Gasteiger partial charge on any atom is 0.414 e. The Morgan fingerprint density at radius 3 is 2.58 bits per heavy atom. The zero-order chi connectivity index (χ0) is 26.1. The fourth-order valence-electron chi connectivity index (χ4n) is 3.38. The first-order valence-electron chi connectivity index (χ1n) is 11.2. The summed E-state index contributed by atoms with van der Waals surface area (Å²) in [7, 11) is 3.39. The van der Waals surface area contributed by atoms with Crippen LogP contribution in [0.5, 0.6) is 0 Å². The fourth-order valence-corrected chi connectivity index (χ4v) is 3.38. The van der Waals surface area contributed by atoms with Crippen molar-refractivity contribution in [2.45, 2.75) is 25.9 Å². The molecule has 3 rings (SSSR count). The van der Waals surface area contributed by atoms with Crippen molar-refractivity contribution in [3.63, 3.8) is 0 Å². The van der Waals surface area contributed by atoms with Gasteiger partial charge in [0.25, 0.3) is 0 Å². The van der Waals surface area contributed by atoms with E-state index in [1.165, 1.54) is 11.0 Å². The van der Waals surface area contributed by atoms with Crippen LogP contribution in [-0.2, 0) is 21.0 Å². The third-order valence-electron chi connectivity index (χ3n) is 5.35. The third kappa shape index (κ3) is 7.35. The third-order valence-corrected chi connectivity index (χ3v) is 5.35. The monoisotopic (exact) mass is 500 g/mol. The van der Waals surface area contributed by atoms with Gasteiger partial charge in [-0.05, 0) is 0 Å². The number of alkyl carbamates (subject to hydrolysis) is 1. The number of hydrogen-bond acceptors (Lipinski definition) is 9. The van der Waals surface area contributed by atoms with Crippen molar-refractivity contribution in [1.29, 1.82) is 5.41 Å². The van der Waals surface area contributed by atoms with Crippen LogP contribution in [0.3, 0.4) is 0 Å². The van der Waals surface area contributed by atoms with Gasteiger partial charge in [0.15, 0.2) is 5.96 Å². The lowest BCUT2D eigenvalue weighted by atomic mass is 10.1. The SMILES string of the molecule is CN(C)C(=O)CCON=C1CCN(c2ncc(-c3cccc(COC(=O)NC(=N)N)c3F)cn2)CC1. The average Bonchev–Trinajstić information content (AvgIpc) is 2.86. The molecule has 0 unspecified atom stereocenters. The molecule has 1 aromatic heterocycles. The van der Waals surface area contributed by atoms with Crippen LogP contribution in [0.4, 0.5) is 15.1 Å². The fraction of sp³-hybridized carbons (Fsp3) is 0.391. The minimum absolute atomic E-state index is 0.0115. The van der Waals surface area contributed by atoms with Crippen LogP contribution in [0.2, 0.25) is 0 Å². The Hall–Kier alpha value is -4.29. The number of nitrogens with one attached hydrogen (secondary N) is 2. The lowest BCUT2D eigenvalue weighted by Gasteiger charge is -2.27. The summed E-state index contributed by atoms with van der Waals surface area (Å²) in [5.74, 6) is -0.611. The van der Waals surface area contributed by atoms with Crippen LogP contribution in [-0.4, -0.2) is 72.3 Å². The molecule has 0 saturated carbocycles. The van der Waals surface area contributed by atoms with Crippen molar-refractivity contribution < 1.29 is 23.6 Å². The molecule has 2 heterocycles. The van der Waals surface area contributed by atoms with Crippen LogP contribution >= 0.6 is 0 Å². The van der Waals surface area contributed by atoms with Crippen molar-refractivity contribution >= 4 is 29.6 Å². The Labute approximate surface area is 207 Å². The molecule has 1 fully saturated rings. The summed E-state index contributed by atoms with van der Waals surface area (Å²) in [6.07, 6.45) is 3.79. The molecule has 4 N–H and O–H groups in total. The summed E-state index contributed by atoms with van der Waals surface area (Å²) < 4.78 is 19.9. The van der Waals surface area contributed by atoms with Gasteiger partial charge >= 0.3 is 6.09 Å². The predicted octanol–water partition coefficient (Wildman–Crippen LogP) is 1.85. The first-order chi connectivity index (χ1) is 17.2. The van der Waals surface area contributed by atoms with Crippen LogP contribution in [0.15, 0.2) is 35.7 Å². The molecule has 0 radical (unpaired) electrons. The van der Waals surface area contributed by atoms with Crippen LogP contribution in [0, 0.1) is 11.2 Å². The second kappa shape index (κ2) is 12.4. The Kier molecular flexibility index (Phi) is 9.08. The number of nitrogens with two attached hydrogens (primary N) is 1. The van der Waals surface area contributed by atoms with Gasteiger partial charge < -0.3 is 25.1 Å². The lowest BCUT2D eigenvalue weighted by molar-refractivity contribution is -0.129. The number of rotatable bonds is 8. The summed E-state index contributed by atoms with van der Waals surface area (Å²) in [6, 6.07) is 4.71. The number of guanidine groups is 1. The van der Waals surface area contributed by atoms with E-state index in [-0.39, 0.29) is 36.7 Å². The second-order valence-corrected chi connectivity index (χ2v) is 8.18. The molecule has 2 aromatic rings. The van der Waals surface area contributed by atoms with E-state index in [1.807, 2.05) is 10.2 Å². The highest BCUT2D eigenvalue weighted by Gasteiger charge is 2.19. The number of halogens is 1. The molecule has 1 aliphatic rings. The molecule has 2 amide bonds. The van der Waals surface area contributed by atoms with E-state index in [0.717, 1.165) is 5.71 Å². The number of amides is 2. The van der Waals surface area contributed by atoms with Crippen LogP contribution in [0.1, 0.15) is 24.8 Å². The van der Waals surface area contributed by atoms with Crippen molar-refractivity contribution in [2.24, 2.45) is 10.9 Å². The quantitative estimate of drug-likeness (QED) is 0.214. The highest BCUT2D eigenvalue weighted by Crippen LogP contribution is 2.25. The average molecular weight is 501 g/mol. The molecule has 192 valence electrons. The number of nitrogens with zero attached hydrogens (tertiary/aromatic N) is 5. The molecule has 36 heavy (non-hydrogen) atoms. The molecule has 13 heteroatoms. The van der Waals surface area contributed by atoms with Crippen molar-refractivity contribution in [2.75, 3.05) is 38.7 Å². The van der Waals surface area contributed by atoms with Gasteiger partial charge in [-0.25, -0.2) is 19.2 Å². The summed E-state index contributed by atoms with van der Waals surface area (Å²) in [5, 5.41) is 13.1. The number of hydrogen-bond donors (Lipinski definition) is 3. The number of carbonyl (C=O) groups excluding carboxylic acids is 2. The number of carbonyl (C=O) groups is 2. The van der Waals surface area contributed by atoms with Gasteiger partial charge in [0, 0.05) is 69.1 Å². The highest BCUT2D eigenvalue weighted by atomic mass is 19.1. The van der Waals surface area contributed by atoms with E-state index >= 15 is 0 Å². The maximum atomic E-state index is 15.0. The molecule has 0 aliphatic carbocycles. The Balaban J connectivity index is 1.55. The zero-order valence-corrected chi connectivity index (χ0v) is 20.2. The topological polar surface area (TPSA) is 159 Å². The zero-order valence-electron chi connectivity index (χ0n) is 20.2. The van der Waals surface area contributed by atoms with Crippen molar-refractivity contribution in [1.82, 2.24) is 20.2 Å². The summed E-state index contributed by atoms with van der Waals surface area (Å²) in [5.41, 5.74) is 6.89. The number of ether oxygens (including phenoxy) is 1. The number of benzene rings is 1. The summed E-state index contributed by atoms with van der Waals surface area (Å²) in [4.78, 5) is 40.6. The van der Waals surface area contributed by atoms with E-state index in [4.69, 9.17) is 20.7 Å². The first-order valence-corrected chi connectivity index (χ1v) is 11.2. The first kappa shape index (κ1) is 26.3. The highest BCUT2D eigenvalue weighted by molar-refractivity contribution is 5.91. The number of anilines is 1. The van der Waals surface area contributed by atoms with Gasteiger partial charge in [-0.15, -0.1) is 0 Å². The molecule has 0 spiro atoms. The second-order valence-electron chi connectivity index (χ2n) is 8.18. The van der Waals surface area contributed by atoms with Gasteiger partial charge in [0.05, 0.1) is 12.1 Å². The van der Waals surface area contributed by atoms with Gasteiger partial charge in [-0.1, -0.05) is 23.4 Å². The molecule has 0 bridgehead atoms. The van der Waals surface area contributed by atoms with Gasteiger partial charge in [-0.2, -0.15) is 0 Å². The van der Waals surface area contributed by atoms with Crippen LogP contribution < -0.4 is 16.0 Å². The number of piperidine rings is 1. The molecule has 1 aromatic carbocycles. The normalized spacial score (nSPS) is 13.1. The predicted molar refractivity (Wildman–Crippen MR) is 131 cm³/mol.